The molecule has 4 aromatic rings. The average Bonchev–Trinajstić information content (AvgIpc) is 3.85. The number of carbonyl (C=O) groups is 1. The van der Waals surface area contributed by atoms with Crippen molar-refractivity contribution in [3.8, 4) is 0 Å². The summed E-state index contributed by atoms with van der Waals surface area (Å²) in [6, 6.07) is 20.5. The molecule has 2 bridgehead atoms. The molecule has 1 amide bonds. The maximum Gasteiger partial charge on any atom is 0.410 e. The van der Waals surface area contributed by atoms with Gasteiger partial charge in [0.1, 0.15) is 23.9 Å². The van der Waals surface area contributed by atoms with Gasteiger partial charge in [-0.3, -0.25) is 4.57 Å². The third-order valence-electron chi connectivity index (χ3n) is 9.20. The summed E-state index contributed by atoms with van der Waals surface area (Å²) in [4.78, 5) is 31.4. The molecule has 0 spiro atoms. The van der Waals surface area contributed by atoms with Gasteiger partial charge in [-0.05, 0) is 38.3 Å². The number of nitrogens with zero attached hydrogens (tertiary/aromatic N) is 6. The third kappa shape index (κ3) is 6.00. The summed E-state index contributed by atoms with van der Waals surface area (Å²) in [6.45, 7) is 6.67. The van der Waals surface area contributed by atoms with Gasteiger partial charge in [0.05, 0.1) is 25.0 Å². The normalized spacial score (nSPS) is 25.7. The highest BCUT2D eigenvalue weighted by molar-refractivity contribution is 5.85. The fraction of sp³-hybridized carbons (Fsp3) is 0.471. The molecule has 0 saturated carbocycles. The number of piperazine rings is 1. The smallest absolute Gasteiger partial charge is 0.410 e. The Morgan fingerprint density at radius 3 is 2.26 bits per heavy atom. The Morgan fingerprint density at radius 2 is 1.68 bits per heavy atom. The molecule has 3 aliphatic heterocycles. The highest BCUT2D eigenvalue weighted by atomic mass is 16.6. The van der Waals surface area contributed by atoms with Crippen molar-refractivity contribution in [2.45, 2.75) is 75.3 Å². The number of nitrogens with one attached hydrogen (secondary N) is 1. The van der Waals surface area contributed by atoms with Crippen LogP contribution >= 0.6 is 0 Å². The zero-order chi connectivity index (χ0) is 32.9. The van der Waals surface area contributed by atoms with Gasteiger partial charge >= 0.3 is 6.09 Å². The van der Waals surface area contributed by atoms with E-state index in [1.807, 2.05) is 57.2 Å². The molecule has 2 unspecified atom stereocenters. The lowest BCUT2D eigenvalue weighted by molar-refractivity contribution is -0.0511. The monoisotopic (exact) mass is 643 g/mol. The number of likely N-dealkylation sites (tertiary alicyclic amines) is 1. The van der Waals surface area contributed by atoms with Crippen molar-refractivity contribution >= 4 is 29.0 Å². The molecule has 2 aromatic heterocycles. The molecule has 13 heteroatoms. The van der Waals surface area contributed by atoms with Crippen LogP contribution in [0.15, 0.2) is 67.0 Å². The molecule has 248 valence electrons. The van der Waals surface area contributed by atoms with Gasteiger partial charge in [-0.15, -0.1) is 0 Å². The Bertz CT molecular complexity index is 1680. The van der Waals surface area contributed by atoms with E-state index in [4.69, 9.17) is 19.4 Å². The second kappa shape index (κ2) is 12.4. The van der Waals surface area contributed by atoms with Gasteiger partial charge in [-0.25, -0.2) is 9.78 Å². The van der Waals surface area contributed by atoms with Gasteiger partial charge in [0, 0.05) is 25.6 Å². The van der Waals surface area contributed by atoms with E-state index in [1.54, 1.807) is 9.47 Å². The van der Waals surface area contributed by atoms with Crippen molar-refractivity contribution < 1.29 is 29.6 Å². The van der Waals surface area contributed by atoms with Crippen LogP contribution in [0.4, 0.5) is 16.6 Å². The van der Waals surface area contributed by atoms with Crippen LogP contribution in [0.25, 0.3) is 11.2 Å². The van der Waals surface area contributed by atoms with Crippen LogP contribution < -0.4 is 10.2 Å². The summed E-state index contributed by atoms with van der Waals surface area (Å²) >= 11 is 0. The van der Waals surface area contributed by atoms with Crippen LogP contribution in [-0.4, -0.2) is 108 Å². The summed E-state index contributed by atoms with van der Waals surface area (Å²) in [7, 11) is 0. The Morgan fingerprint density at radius 1 is 1.00 bits per heavy atom. The Kier molecular flexibility index (Phi) is 8.25. The van der Waals surface area contributed by atoms with Gasteiger partial charge in [0.15, 0.2) is 23.2 Å². The maximum absolute atomic E-state index is 12.9. The van der Waals surface area contributed by atoms with Crippen LogP contribution in [0.5, 0.6) is 0 Å². The molecular formula is C34H41N7O6. The van der Waals surface area contributed by atoms with E-state index in [0.717, 1.165) is 17.5 Å². The first-order valence-corrected chi connectivity index (χ1v) is 16.1. The van der Waals surface area contributed by atoms with Gasteiger partial charge < -0.3 is 39.9 Å². The molecule has 0 aliphatic carbocycles. The topological polar surface area (TPSA) is 158 Å². The van der Waals surface area contributed by atoms with E-state index in [1.165, 1.54) is 6.33 Å². The highest BCUT2D eigenvalue weighted by Crippen LogP contribution is 2.37. The van der Waals surface area contributed by atoms with Gasteiger partial charge in [-0.2, -0.15) is 9.97 Å². The zero-order valence-electron chi connectivity index (χ0n) is 26.7. The maximum atomic E-state index is 12.9. The number of hydrogen-bond acceptors (Lipinski definition) is 11. The van der Waals surface area contributed by atoms with Crippen molar-refractivity contribution in [1.82, 2.24) is 24.4 Å². The van der Waals surface area contributed by atoms with Crippen LogP contribution in [-0.2, 0) is 9.47 Å². The summed E-state index contributed by atoms with van der Waals surface area (Å²) in [5.74, 6) is 0.985. The summed E-state index contributed by atoms with van der Waals surface area (Å²) in [5.41, 5.74) is 2.60. The number of amides is 1. The third-order valence-corrected chi connectivity index (χ3v) is 9.20. The first kappa shape index (κ1) is 31.3. The van der Waals surface area contributed by atoms with Crippen LogP contribution in [0.2, 0.25) is 0 Å². The molecule has 13 nitrogen and oxygen atoms in total. The summed E-state index contributed by atoms with van der Waals surface area (Å²) in [5, 5.41) is 34.6. The van der Waals surface area contributed by atoms with E-state index < -0.39 is 36.7 Å². The van der Waals surface area contributed by atoms with Gasteiger partial charge in [0.25, 0.3) is 0 Å². The van der Waals surface area contributed by atoms with Crippen molar-refractivity contribution in [3.05, 3.63) is 78.1 Å². The molecule has 4 N–H and O–H groups in total. The van der Waals surface area contributed by atoms with Crippen LogP contribution in [0, 0.1) is 0 Å². The number of aliphatic hydroxyl groups is 3. The lowest BCUT2D eigenvalue weighted by Gasteiger charge is -2.35. The summed E-state index contributed by atoms with van der Waals surface area (Å²) < 4.78 is 13.1. The SMILES string of the molecule is CC(C)(C)OC(=O)N1CC2CC1CN2c1nc(NCC(c2ccccc2)c2ccccc2)c2ncn([C@@H]3O[C@H](CO)[C@@H](O)[C@H]3O)c2n1. The number of hydrogen-bond donors (Lipinski definition) is 4. The number of aliphatic hydroxyl groups excluding tert-OH is 3. The van der Waals surface area contributed by atoms with Crippen molar-refractivity contribution in [2.75, 3.05) is 36.5 Å². The molecule has 5 heterocycles. The predicted molar refractivity (Wildman–Crippen MR) is 174 cm³/mol. The summed E-state index contributed by atoms with van der Waals surface area (Å²) in [6.07, 6.45) is -2.57. The van der Waals surface area contributed by atoms with Crippen LogP contribution in [0.1, 0.15) is 50.5 Å². The fourth-order valence-corrected chi connectivity index (χ4v) is 6.91. The molecule has 3 aliphatic rings. The number of benzene rings is 2. The molecule has 3 fully saturated rings. The number of anilines is 2. The molecule has 7 rings (SSSR count). The standard InChI is InChI=1S/C34H41N7O6/c1-34(2,3)47-33(45)40-17-22-14-23(40)16-39(22)32-37-29(35-15-24(20-10-6-4-7-11-20)21-12-8-5-9-13-21)26-30(38-32)41(19-36-26)31-28(44)27(43)25(18-42)46-31/h4-13,19,22-25,27-28,31,42-44H,14-18H2,1-3H3,(H,35,37,38)/t22?,23?,25-,27-,28-,31-/m1/s1. The Labute approximate surface area is 272 Å². The predicted octanol–water partition coefficient (Wildman–Crippen LogP) is 2.88. The fourth-order valence-electron chi connectivity index (χ4n) is 6.91. The van der Waals surface area contributed by atoms with E-state index in [-0.39, 0.29) is 24.1 Å². The van der Waals surface area contributed by atoms with E-state index in [2.05, 4.69) is 39.5 Å². The Balaban J connectivity index is 1.23. The minimum Gasteiger partial charge on any atom is -0.444 e. The number of imidazole rings is 1. The minimum atomic E-state index is -1.30. The molecule has 3 saturated heterocycles. The zero-order valence-corrected chi connectivity index (χ0v) is 26.7. The molecule has 0 radical (unpaired) electrons. The second-order valence-corrected chi connectivity index (χ2v) is 13.5. The van der Waals surface area contributed by atoms with Crippen molar-refractivity contribution in [3.63, 3.8) is 0 Å². The van der Waals surface area contributed by atoms with Crippen LogP contribution in [0.3, 0.4) is 0 Å². The largest absolute Gasteiger partial charge is 0.444 e. The van der Waals surface area contributed by atoms with Gasteiger partial charge in [-0.1, -0.05) is 60.7 Å². The quantitative estimate of drug-likeness (QED) is 0.224. The highest BCUT2D eigenvalue weighted by Gasteiger charge is 2.48. The van der Waals surface area contributed by atoms with E-state index in [9.17, 15) is 20.1 Å². The lowest BCUT2D eigenvalue weighted by Crippen LogP contribution is -2.50. The molecule has 2 aromatic carbocycles. The van der Waals surface area contributed by atoms with Gasteiger partial charge in [0.2, 0.25) is 5.95 Å². The number of fused-ring (bicyclic) bond motifs is 3. The molecular weight excluding hydrogens is 602 g/mol. The van der Waals surface area contributed by atoms with E-state index in [0.29, 0.717) is 42.6 Å². The van der Waals surface area contributed by atoms with E-state index >= 15 is 0 Å². The molecule has 6 atom stereocenters. The first-order valence-electron chi connectivity index (χ1n) is 16.1. The first-order chi connectivity index (χ1) is 22.6. The average molecular weight is 644 g/mol. The number of aromatic nitrogens is 4. The number of rotatable bonds is 8. The number of carbonyl (C=O) groups excluding carboxylic acids is 1. The minimum absolute atomic E-state index is 0.00973. The molecule has 47 heavy (non-hydrogen) atoms. The van der Waals surface area contributed by atoms with Crippen molar-refractivity contribution in [1.29, 1.82) is 0 Å². The Hall–Kier alpha value is -4.30. The number of ether oxygens (including phenoxy) is 2. The lowest BCUT2D eigenvalue weighted by atomic mass is 9.91. The second-order valence-electron chi connectivity index (χ2n) is 13.5. The van der Waals surface area contributed by atoms with Crippen molar-refractivity contribution in [2.24, 2.45) is 0 Å².